The Morgan fingerprint density at radius 2 is 2.00 bits per heavy atom. The second-order valence-electron chi connectivity index (χ2n) is 7.63. The second-order valence-corrected chi connectivity index (χ2v) is 10.1. The van der Waals surface area contributed by atoms with Crippen molar-refractivity contribution < 1.29 is 4.21 Å². The molecule has 3 atom stereocenters. The first-order chi connectivity index (χ1) is 11.8. The van der Waals surface area contributed by atoms with E-state index in [9.17, 15) is 4.21 Å². The van der Waals surface area contributed by atoms with Crippen LogP contribution in [0.5, 0.6) is 0 Å². The predicted molar refractivity (Wildman–Crippen MR) is 109 cm³/mol. The van der Waals surface area contributed by atoms with Crippen molar-refractivity contribution in [2.75, 3.05) is 17.2 Å². The van der Waals surface area contributed by atoms with Gasteiger partial charge >= 0.3 is 0 Å². The zero-order valence-corrected chi connectivity index (χ0v) is 17.2. The Morgan fingerprint density at radius 1 is 1.28 bits per heavy atom. The Morgan fingerprint density at radius 3 is 2.60 bits per heavy atom. The molecule has 25 heavy (non-hydrogen) atoms. The molecule has 1 aromatic carbocycles. The topological polar surface area (TPSA) is 33.2 Å². The van der Waals surface area contributed by atoms with E-state index in [0.29, 0.717) is 23.0 Å². The number of hydrogen-bond donors (Lipinski definition) is 0. The summed E-state index contributed by atoms with van der Waals surface area (Å²) in [6, 6.07) is 6.79. The van der Waals surface area contributed by atoms with E-state index in [0.717, 1.165) is 17.7 Å². The zero-order chi connectivity index (χ0) is 18.3. The maximum Gasteiger partial charge on any atom is 0.129 e. The van der Waals surface area contributed by atoms with Gasteiger partial charge in [0.15, 0.2) is 0 Å². The van der Waals surface area contributed by atoms with Gasteiger partial charge in [0.2, 0.25) is 0 Å². The molecule has 0 N–H and O–H groups in total. The van der Waals surface area contributed by atoms with Gasteiger partial charge in [0.25, 0.3) is 0 Å². The van der Waals surface area contributed by atoms with Gasteiger partial charge < -0.3 is 4.90 Å². The largest absolute Gasteiger partial charge is 0.368 e. The molecule has 1 aliphatic rings. The molecule has 136 valence electrons. The van der Waals surface area contributed by atoms with Crippen LogP contribution < -0.4 is 4.90 Å². The lowest BCUT2D eigenvalue weighted by Gasteiger charge is -2.48. The average Bonchev–Trinajstić information content (AvgIpc) is 2.56. The number of nitrogens with zero attached hydrogens (tertiary/aromatic N) is 2. The van der Waals surface area contributed by atoms with E-state index in [-0.39, 0.29) is 5.25 Å². The van der Waals surface area contributed by atoms with Crippen LogP contribution >= 0.6 is 11.6 Å². The molecule has 0 unspecified atom stereocenters. The van der Waals surface area contributed by atoms with E-state index < -0.39 is 10.8 Å². The van der Waals surface area contributed by atoms with Gasteiger partial charge in [-0.05, 0) is 35.9 Å². The summed E-state index contributed by atoms with van der Waals surface area (Å²) in [5.74, 6) is 1.72. The maximum absolute atomic E-state index is 12.2. The Hall–Kier alpha value is -1.13. The number of rotatable bonds is 5. The molecule has 1 aliphatic heterocycles. The van der Waals surface area contributed by atoms with Gasteiger partial charge in [-0.2, -0.15) is 0 Å². The SMILES string of the molecule is CC(C)c1ccc(N2C[C@H](C[S@@](=O)C(C)C)[C@H]2C)c2cnc(Cl)cc12. The Balaban J connectivity index is 1.91. The molecular weight excluding hydrogens is 352 g/mol. The molecule has 0 aliphatic carbocycles. The van der Waals surface area contributed by atoms with Gasteiger partial charge in [0.1, 0.15) is 5.15 Å². The zero-order valence-electron chi connectivity index (χ0n) is 15.6. The number of benzene rings is 1. The van der Waals surface area contributed by atoms with Crippen molar-refractivity contribution in [2.24, 2.45) is 5.92 Å². The highest BCUT2D eigenvalue weighted by molar-refractivity contribution is 7.85. The first-order valence-electron chi connectivity index (χ1n) is 9.01. The fraction of sp³-hybridized carbons (Fsp3) is 0.550. The van der Waals surface area contributed by atoms with Crippen molar-refractivity contribution >= 4 is 38.9 Å². The predicted octanol–water partition coefficient (Wildman–Crippen LogP) is 4.99. The van der Waals surface area contributed by atoms with Crippen molar-refractivity contribution in [3.8, 4) is 0 Å². The molecule has 0 amide bonds. The highest BCUT2D eigenvalue weighted by Gasteiger charge is 2.37. The fourth-order valence-corrected chi connectivity index (χ4v) is 4.92. The third-order valence-corrected chi connectivity index (χ3v) is 7.33. The van der Waals surface area contributed by atoms with Crippen molar-refractivity contribution in [2.45, 2.75) is 51.8 Å². The molecule has 5 heteroatoms. The lowest BCUT2D eigenvalue weighted by Crippen LogP contribution is -2.57. The monoisotopic (exact) mass is 378 g/mol. The normalized spacial score (nSPS) is 21.8. The molecule has 0 radical (unpaired) electrons. The van der Waals surface area contributed by atoms with Crippen molar-refractivity contribution in [3.63, 3.8) is 0 Å². The van der Waals surface area contributed by atoms with Gasteiger partial charge in [-0.3, -0.25) is 4.21 Å². The van der Waals surface area contributed by atoms with Crippen molar-refractivity contribution in [1.29, 1.82) is 0 Å². The minimum atomic E-state index is -0.739. The third-order valence-electron chi connectivity index (χ3n) is 5.32. The Kier molecular flexibility index (Phi) is 5.40. The molecule has 0 saturated carbocycles. The van der Waals surface area contributed by atoms with Crippen LogP contribution in [-0.4, -0.2) is 32.8 Å². The minimum Gasteiger partial charge on any atom is -0.368 e. The van der Waals surface area contributed by atoms with Crippen LogP contribution in [0.1, 0.15) is 46.1 Å². The standard InChI is InChI=1S/C20H27ClN2OS/c1-12(2)16-6-7-19(18-9-22-20(21)8-17(16)18)23-10-15(14(23)5)11-25(24)13(3)4/h6-9,12-15H,10-11H2,1-5H3/t14-,15-,25-/m1/s1. The van der Waals surface area contributed by atoms with Crippen LogP contribution in [0, 0.1) is 5.92 Å². The first-order valence-corrected chi connectivity index (χ1v) is 10.8. The maximum atomic E-state index is 12.2. The molecule has 2 aromatic rings. The molecule has 3 nitrogen and oxygen atoms in total. The van der Waals surface area contributed by atoms with Gasteiger partial charge in [0.05, 0.1) is 0 Å². The number of aromatic nitrogens is 1. The highest BCUT2D eigenvalue weighted by Crippen LogP contribution is 2.39. The molecule has 0 spiro atoms. The molecule has 0 bridgehead atoms. The van der Waals surface area contributed by atoms with Crippen LogP contribution in [0.25, 0.3) is 10.8 Å². The average molecular weight is 379 g/mol. The highest BCUT2D eigenvalue weighted by atomic mass is 35.5. The van der Waals surface area contributed by atoms with E-state index in [1.54, 1.807) is 0 Å². The Bertz CT molecular complexity index is 806. The summed E-state index contributed by atoms with van der Waals surface area (Å²) in [7, 11) is -0.739. The number of hydrogen-bond acceptors (Lipinski definition) is 3. The number of pyridine rings is 1. The van der Waals surface area contributed by atoms with Crippen molar-refractivity contribution in [3.05, 3.63) is 35.1 Å². The van der Waals surface area contributed by atoms with Gasteiger partial charge in [0, 0.05) is 57.6 Å². The molecule has 2 heterocycles. The van der Waals surface area contributed by atoms with Crippen LogP contribution in [0.4, 0.5) is 5.69 Å². The second kappa shape index (κ2) is 7.24. The van der Waals surface area contributed by atoms with Gasteiger partial charge in [-0.25, -0.2) is 4.98 Å². The first kappa shape index (κ1) is 18.7. The van der Waals surface area contributed by atoms with E-state index in [4.69, 9.17) is 11.6 Å². The summed E-state index contributed by atoms with van der Waals surface area (Å²) in [4.78, 5) is 6.72. The van der Waals surface area contributed by atoms with Crippen molar-refractivity contribution in [1.82, 2.24) is 4.98 Å². The lowest BCUT2D eigenvalue weighted by atomic mass is 9.89. The fourth-order valence-electron chi connectivity index (χ4n) is 3.58. The molecule has 1 saturated heterocycles. The summed E-state index contributed by atoms with van der Waals surface area (Å²) in [5, 5.41) is 3.12. The van der Waals surface area contributed by atoms with Crippen LogP contribution in [0.3, 0.4) is 0 Å². The smallest absolute Gasteiger partial charge is 0.129 e. The summed E-state index contributed by atoms with van der Waals surface area (Å²) < 4.78 is 12.2. The van der Waals surface area contributed by atoms with E-state index in [1.807, 2.05) is 26.1 Å². The number of fused-ring (bicyclic) bond motifs is 1. The molecule has 1 fully saturated rings. The lowest BCUT2D eigenvalue weighted by molar-refractivity contribution is 0.344. The summed E-state index contributed by atoms with van der Waals surface area (Å²) >= 11 is 6.16. The van der Waals surface area contributed by atoms with Crippen LogP contribution in [0.2, 0.25) is 5.15 Å². The molecule has 3 rings (SSSR count). The van der Waals surface area contributed by atoms with Gasteiger partial charge in [-0.1, -0.05) is 45.4 Å². The summed E-state index contributed by atoms with van der Waals surface area (Å²) in [5.41, 5.74) is 2.51. The van der Waals surface area contributed by atoms with E-state index in [1.165, 1.54) is 16.6 Å². The number of halogens is 1. The van der Waals surface area contributed by atoms with E-state index >= 15 is 0 Å². The quantitative estimate of drug-likeness (QED) is 0.687. The number of anilines is 1. The third kappa shape index (κ3) is 3.56. The van der Waals surface area contributed by atoms with Gasteiger partial charge in [-0.15, -0.1) is 0 Å². The summed E-state index contributed by atoms with van der Waals surface area (Å²) in [6.07, 6.45) is 1.89. The van der Waals surface area contributed by atoms with Crippen LogP contribution in [-0.2, 0) is 10.8 Å². The van der Waals surface area contributed by atoms with E-state index in [2.05, 4.69) is 42.8 Å². The molecule has 1 aromatic heterocycles. The Labute approximate surface area is 158 Å². The summed E-state index contributed by atoms with van der Waals surface area (Å²) in [6.45, 7) is 11.7. The minimum absolute atomic E-state index is 0.235. The molecular formula is C20H27ClN2OS. The van der Waals surface area contributed by atoms with Crippen LogP contribution in [0.15, 0.2) is 24.4 Å².